The Balaban J connectivity index is 1.60. The predicted molar refractivity (Wildman–Crippen MR) is 82.4 cm³/mol. The van der Waals surface area contributed by atoms with Gasteiger partial charge in [-0.2, -0.15) is 0 Å². The molecule has 4 heteroatoms. The van der Waals surface area contributed by atoms with Gasteiger partial charge in [-0.1, -0.05) is 12.5 Å². The molecule has 3 unspecified atom stereocenters. The number of thiophene rings is 1. The van der Waals surface area contributed by atoms with E-state index in [0.29, 0.717) is 17.9 Å². The maximum atomic E-state index is 12.5. The standard InChI is InChI=1S/C16H24N2OS/c1-10(14-6-3-7-20-14)18-16(19)13-8-11-4-2-5-12(9-13)15(11)17/h3,6-7,10-13,15H,2,4-5,8-9,17H2,1H3,(H,18,19). The van der Waals surface area contributed by atoms with Crippen LogP contribution >= 0.6 is 11.3 Å². The smallest absolute Gasteiger partial charge is 0.223 e. The lowest BCUT2D eigenvalue weighted by Gasteiger charge is -2.43. The fourth-order valence-electron chi connectivity index (χ4n) is 3.94. The molecule has 20 heavy (non-hydrogen) atoms. The Morgan fingerprint density at radius 3 is 2.70 bits per heavy atom. The van der Waals surface area contributed by atoms with E-state index in [1.54, 1.807) is 11.3 Å². The molecule has 3 atom stereocenters. The summed E-state index contributed by atoms with van der Waals surface area (Å²) in [7, 11) is 0. The highest BCUT2D eigenvalue weighted by Gasteiger charge is 2.40. The number of carbonyl (C=O) groups is 1. The molecule has 2 aliphatic carbocycles. The first-order valence-corrected chi connectivity index (χ1v) is 8.62. The van der Waals surface area contributed by atoms with Gasteiger partial charge in [0.15, 0.2) is 0 Å². The van der Waals surface area contributed by atoms with E-state index in [1.807, 2.05) is 6.07 Å². The third kappa shape index (κ3) is 2.77. The third-order valence-corrected chi connectivity index (χ3v) is 6.17. The number of nitrogens with one attached hydrogen (secondary N) is 1. The molecule has 0 spiro atoms. The first-order valence-electron chi connectivity index (χ1n) is 7.74. The molecule has 1 aromatic heterocycles. The summed E-state index contributed by atoms with van der Waals surface area (Å²) in [5, 5.41) is 5.24. The molecule has 3 N–H and O–H groups in total. The highest BCUT2D eigenvalue weighted by molar-refractivity contribution is 7.10. The van der Waals surface area contributed by atoms with E-state index >= 15 is 0 Å². The molecule has 1 aromatic rings. The quantitative estimate of drug-likeness (QED) is 0.899. The Labute approximate surface area is 124 Å². The minimum Gasteiger partial charge on any atom is -0.349 e. The van der Waals surface area contributed by atoms with E-state index in [0.717, 1.165) is 12.8 Å². The lowest BCUT2D eigenvalue weighted by Crippen LogP contribution is -2.49. The molecule has 0 aliphatic heterocycles. The van der Waals surface area contributed by atoms with E-state index in [-0.39, 0.29) is 17.9 Å². The van der Waals surface area contributed by atoms with Crippen LogP contribution in [-0.2, 0) is 4.79 Å². The summed E-state index contributed by atoms with van der Waals surface area (Å²) in [6.07, 6.45) is 5.69. The van der Waals surface area contributed by atoms with Gasteiger partial charge in [0.2, 0.25) is 5.91 Å². The molecule has 3 nitrogen and oxygen atoms in total. The zero-order valence-electron chi connectivity index (χ0n) is 12.0. The number of hydrogen-bond acceptors (Lipinski definition) is 3. The number of amides is 1. The summed E-state index contributed by atoms with van der Waals surface area (Å²) in [6, 6.07) is 4.58. The second-order valence-corrected chi connectivity index (χ2v) is 7.42. The summed E-state index contributed by atoms with van der Waals surface area (Å²) in [4.78, 5) is 13.7. The number of rotatable bonds is 3. The van der Waals surface area contributed by atoms with Gasteiger partial charge in [0.25, 0.3) is 0 Å². The first kappa shape index (κ1) is 14.1. The Kier molecular flexibility index (Phi) is 4.13. The average Bonchev–Trinajstić information content (AvgIpc) is 2.92. The Hall–Kier alpha value is -0.870. The zero-order valence-corrected chi connectivity index (χ0v) is 12.9. The number of fused-ring (bicyclic) bond motifs is 2. The molecule has 110 valence electrons. The van der Waals surface area contributed by atoms with Crippen molar-refractivity contribution in [2.45, 2.75) is 51.1 Å². The highest BCUT2D eigenvalue weighted by atomic mass is 32.1. The zero-order chi connectivity index (χ0) is 14.1. The predicted octanol–water partition coefficient (Wildman–Crippen LogP) is 3.08. The molecular weight excluding hydrogens is 268 g/mol. The van der Waals surface area contributed by atoms with Crippen LogP contribution in [-0.4, -0.2) is 11.9 Å². The summed E-state index contributed by atoms with van der Waals surface area (Å²) in [6.45, 7) is 2.07. The molecule has 2 fully saturated rings. The van der Waals surface area contributed by atoms with Gasteiger partial charge in [-0.15, -0.1) is 11.3 Å². The lowest BCUT2D eigenvalue weighted by molar-refractivity contribution is -0.128. The van der Waals surface area contributed by atoms with Gasteiger partial charge in [0.05, 0.1) is 6.04 Å². The van der Waals surface area contributed by atoms with Crippen molar-refractivity contribution in [3.05, 3.63) is 22.4 Å². The van der Waals surface area contributed by atoms with Crippen LogP contribution in [0.4, 0.5) is 0 Å². The van der Waals surface area contributed by atoms with Gasteiger partial charge in [0.1, 0.15) is 0 Å². The van der Waals surface area contributed by atoms with Crippen molar-refractivity contribution < 1.29 is 4.79 Å². The Morgan fingerprint density at radius 2 is 2.10 bits per heavy atom. The van der Waals surface area contributed by atoms with Crippen LogP contribution in [0.5, 0.6) is 0 Å². The van der Waals surface area contributed by atoms with Crippen LogP contribution in [0.25, 0.3) is 0 Å². The molecule has 2 aliphatic rings. The molecule has 1 amide bonds. The van der Waals surface area contributed by atoms with E-state index in [2.05, 4.69) is 23.7 Å². The van der Waals surface area contributed by atoms with Crippen LogP contribution < -0.4 is 11.1 Å². The van der Waals surface area contributed by atoms with E-state index in [9.17, 15) is 4.79 Å². The lowest BCUT2D eigenvalue weighted by atomic mass is 9.65. The van der Waals surface area contributed by atoms with Crippen molar-refractivity contribution in [3.8, 4) is 0 Å². The molecule has 0 radical (unpaired) electrons. The van der Waals surface area contributed by atoms with Crippen LogP contribution in [0.15, 0.2) is 17.5 Å². The Bertz CT molecular complexity index is 445. The van der Waals surface area contributed by atoms with Crippen molar-refractivity contribution in [1.29, 1.82) is 0 Å². The van der Waals surface area contributed by atoms with Gasteiger partial charge >= 0.3 is 0 Å². The minimum atomic E-state index is 0.123. The van der Waals surface area contributed by atoms with Gasteiger partial charge in [-0.3, -0.25) is 4.79 Å². The number of hydrogen-bond donors (Lipinski definition) is 2. The summed E-state index contributed by atoms with van der Waals surface area (Å²) in [5.41, 5.74) is 6.30. The molecule has 2 saturated carbocycles. The number of nitrogens with two attached hydrogens (primary N) is 1. The van der Waals surface area contributed by atoms with Crippen molar-refractivity contribution in [2.75, 3.05) is 0 Å². The second-order valence-electron chi connectivity index (χ2n) is 6.44. The largest absolute Gasteiger partial charge is 0.349 e. The molecule has 2 bridgehead atoms. The first-order chi connectivity index (χ1) is 9.65. The van der Waals surface area contributed by atoms with Gasteiger partial charge in [-0.05, 0) is 55.9 Å². The van der Waals surface area contributed by atoms with E-state index in [1.165, 1.54) is 24.1 Å². The van der Waals surface area contributed by atoms with Crippen molar-refractivity contribution >= 4 is 17.2 Å². The molecular formula is C16H24N2OS. The second kappa shape index (κ2) is 5.86. The van der Waals surface area contributed by atoms with Crippen LogP contribution in [0.1, 0.15) is 49.9 Å². The van der Waals surface area contributed by atoms with Gasteiger partial charge in [0, 0.05) is 16.8 Å². The van der Waals surface area contributed by atoms with Gasteiger partial charge in [-0.25, -0.2) is 0 Å². The van der Waals surface area contributed by atoms with Crippen LogP contribution in [0.2, 0.25) is 0 Å². The van der Waals surface area contributed by atoms with E-state index in [4.69, 9.17) is 5.73 Å². The van der Waals surface area contributed by atoms with Crippen LogP contribution in [0, 0.1) is 17.8 Å². The van der Waals surface area contributed by atoms with Crippen molar-refractivity contribution in [2.24, 2.45) is 23.5 Å². The Morgan fingerprint density at radius 1 is 1.40 bits per heavy atom. The maximum Gasteiger partial charge on any atom is 0.223 e. The number of carbonyl (C=O) groups excluding carboxylic acids is 1. The van der Waals surface area contributed by atoms with E-state index < -0.39 is 0 Å². The average molecular weight is 292 g/mol. The monoisotopic (exact) mass is 292 g/mol. The van der Waals surface area contributed by atoms with Crippen molar-refractivity contribution in [3.63, 3.8) is 0 Å². The molecule has 3 rings (SSSR count). The highest BCUT2D eigenvalue weighted by Crippen LogP contribution is 2.42. The fraction of sp³-hybridized carbons (Fsp3) is 0.688. The van der Waals surface area contributed by atoms with Crippen LogP contribution in [0.3, 0.4) is 0 Å². The topological polar surface area (TPSA) is 55.1 Å². The van der Waals surface area contributed by atoms with Crippen molar-refractivity contribution in [1.82, 2.24) is 5.32 Å². The SMILES string of the molecule is CC(NC(=O)C1CC2CCCC(C1)C2N)c1cccs1. The molecule has 0 saturated heterocycles. The fourth-order valence-corrected chi connectivity index (χ4v) is 4.68. The molecule has 0 aromatic carbocycles. The molecule has 1 heterocycles. The third-order valence-electron chi connectivity index (χ3n) is 5.11. The maximum absolute atomic E-state index is 12.5. The normalized spacial score (nSPS) is 34.5. The summed E-state index contributed by atoms with van der Waals surface area (Å²) >= 11 is 1.70. The summed E-state index contributed by atoms with van der Waals surface area (Å²) in [5.74, 6) is 1.54. The minimum absolute atomic E-state index is 0.123. The van der Waals surface area contributed by atoms with Gasteiger partial charge < -0.3 is 11.1 Å². The summed E-state index contributed by atoms with van der Waals surface area (Å²) < 4.78 is 0.